The van der Waals surface area contributed by atoms with Crippen LogP contribution in [0.15, 0.2) is 57.9 Å². The fourth-order valence-corrected chi connectivity index (χ4v) is 3.42. The van der Waals surface area contributed by atoms with Crippen LogP contribution in [0.5, 0.6) is 0 Å². The van der Waals surface area contributed by atoms with Crippen molar-refractivity contribution in [1.82, 2.24) is 4.72 Å². The van der Waals surface area contributed by atoms with E-state index >= 15 is 0 Å². The number of rotatable bonds is 7. The maximum atomic E-state index is 12.8. The van der Waals surface area contributed by atoms with E-state index in [2.05, 4.69) is 26.0 Å². The molecule has 2 aromatic carbocycles. The molecule has 2 rings (SSSR count). The van der Waals surface area contributed by atoms with Crippen molar-refractivity contribution in [3.05, 3.63) is 58.8 Å². The lowest BCUT2D eigenvalue weighted by Crippen LogP contribution is -2.25. The summed E-state index contributed by atoms with van der Waals surface area (Å²) in [6, 6.07) is 11.7. The molecule has 0 radical (unpaired) electrons. The Hall–Kier alpha value is -1.77. The Morgan fingerprint density at radius 1 is 1.12 bits per heavy atom. The molecular weight excluding hydrogens is 399 g/mol. The summed E-state index contributed by atoms with van der Waals surface area (Å²) in [4.78, 5) is 11.8. The van der Waals surface area contributed by atoms with Crippen LogP contribution in [0.4, 0.5) is 10.1 Å². The van der Waals surface area contributed by atoms with Crippen molar-refractivity contribution in [2.24, 2.45) is 0 Å². The summed E-state index contributed by atoms with van der Waals surface area (Å²) in [5.74, 6) is -0.702. The lowest BCUT2D eigenvalue weighted by Gasteiger charge is -2.08. The van der Waals surface area contributed by atoms with Crippen LogP contribution < -0.4 is 10.0 Å². The Morgan fingerprint density at radius 2 is 1.83 bits per heavy atom. The van der Waals surface area contributed by atoms with Gasteiger partial charge in [0, 0.05) is 23.1 Å². The lowest BCUT2D eigenvalue weighted by atomic mass is 10.2. The number of halogens is 2. The first kappa shape index (κ1) is 18.6. The third-order valence-electron chi connectivity index (χ3n) is 3.11. The minimum atomic E-state index is -3.69. The van der Waals surface area contributed by atoms with Crippen LogP contribution in [-0.4, -0.2) is 20.9 Å². The molecule has 0 aliphatic carbocycles. The van der Waals surface area contributed by atoms with Crippen molar-refractivity contribution in [1.29, 1.82) is 0 Å². The summed E-state index contributed by atoms with van der Waals surface area (Å²) in [6.07, 6.45) is 0.527. The zero-order valence-corrected chi connectivity index (χ0v) is 15.0. The summed E-state index contributed by atoms with van der Waals surface area (Å²) < 4.78 is 40.0. The number of anilines is 1. The van der Waals surface area contributed by atoms with Gasteiger partial charge >= 0.3 is 0 Å². The van der Waals surface area contributed by atoms with E-state index < -0.39 is 15.8 Å². The molecule has 0 saturated carbocycles. The topological polar surface area (TPSA) is 75.3 Å². The van der Waals surface area contributed by atoms with Gasteiger partial charge < -0.3 is 5.32 Å². The normalized spacial score (nSPS) is 11.2. The molecule has 0 bridgehead atoms. The van der Waals surface area contributed by atoms with Crippen LogP contribution in [0.3, 0.4) is 0 Å². The maximum Gasteiger partial charge on any atom is 0.240 e. The molecule has 5 nitrogen and oxygen atoms in total. The van der Waals surface area contributed by atoms with E-state index in [1.165, 1.54) is 12.1 Å². The smallest absolute Gasteiger partial charge is 0.240 e. The summed E-state index contributed by atoms with van der Waals surface area (Å²) in [5, 5.41) is 2.73. The molecule has 1 amide bonds. The van der Waals surface area contributed by atoms with Gasteiger partial charge in [0.1, 0.15) is 5.82 Å². The van der Waals surface area contributed by atoms with Crippen molar-refractivity contribution < 1.29 is 17.6 Å². The second kappa shape index (κ2) is 8.36. The standard InChI is InChI=1S/C16H16BrFN2O3S/c17-12-3-1-4-14(11-12)20-16(21)5-2-10-19-24(22,23)15-8-6-13(18)7-9-15/h1,3-4,6-9,11,19H,2,5,10H2,(H,20,21). The van der Waals surface area contributed by atoms with Gasteiger partial charge in [0.25, 0.3) is 0 Å². The SMILES string of the molecule is O=C(CCCNS(=O)(=O)c1ccc(F)cc1)Nc1cccc(Br)c1. The van der Waals surface area contributed by atoms with Gasteiger partial charge in [-0.2, -0.15) is 0 Å². The number of hydrogen-bond donors (Lipinski definition) is 2. The first-order valence-corrected chi connectivity index (χ1v) is 9.45. The predicted octanol–water partition coefficient (Wildman–Crippen LogP) is 3.29. The van der Waals surface area contributed by atoms with Crippen molar-refractivity contribution in [3.63, 3.8) is 0 Å². The van der Waals surface area contributed by atoms with Gasteiger partial charge in [-0.3, -0.25) is 4.79 Å². The Morgan fingerprint density at radius 3 is 2.50 bits per heavy atom. The van der Waals surface area contributed by atoms with E-state index in [0.717, 1.165) is 16.6 Å². The highest BCUT2D eigenvalue weighted by atomic mass is 79.9. The third kappa shape index (κ3) is 5.70. The predicted molar refractivity (Wildman–Crippen MR) is 93.6 cm³/mol. The molecule has 0 aliphatic rings. The van der Waals surface area contributed by atoms with Gasteiger partial charge in [-0.1, -0.05) is 22.0 Å². The van der Waals surface area contributed by atoms with Gasteiger partial charge in [-0.05, 0) is 48.9 Å². The fraction of sp³-hybridized carbons (Fsp3) is 0.188. The molecule has 8 heteroatoms. The molecule has 0 aromatic heterocycles. The Bertz CT molecular complexity index is 810. The minimum absolute atomic E-state index is 0.0116. The number of nitrogens with one attached hydrogen (secondary N) is 2. The summed E-state index contributed by atoms with van der Waals surface area (Å²) in [5.41, 5.74) is 0.668. The van der Waals surface area contributed by atoms with Gasteiger partial charge in [-0.25, -0.2) is 17.5 Å². The van der Waals surface area contributed by atoms with Crippen LogP contribution in [-0.2, 0) is 14.8 Å². The monoisotopic (exact) mass is 414 g/mol. The van der Waals surface area contributed by atoms with E-state index in [1.54, 1.807) is 18.2 Å². The summed E-state index contributed by atoms with van der Waals surface area (Å²) in [7, 11) is -3.69. The van der Waals surface area contributed by atoms with E-state index in [-0.39, 0.29) is 23.8 Å². The maximum absolute atomic E-state index is 12.8. The summed E-state index contributed by atoms with van der Waals surface area (Å²) >= 11 is 3.31. The van der Waals surface area contributed by atoms with Crippen molar-refractivity contribution in [2.45, 2.75) is 17.7 Å². The number of carbonyl (C=O) groups is 1. The minimum Gasteiger partial charge on any atom is -0.326 e. The van der Waals surface area contributed by atoms with E-state index in [9.17, 15) is 17.6 Å². The van der Waals surface area contributed by atoms with Crippen LogP contribution in [0.25, 0.3) is 0 Å². The average Bonchev–Trinajstić information content (AvgIpc) is 2.52. The number of amides is 1. The second-order valence-corrected chi connectivity index (χ2v) is 7.70. The number of hydrogen-bond acceptors (Lipinski definition) is 3. The molecule has 0 fully saturated rings. The summed E-state index contributed by atoms with van der Waals surface area (Å²) in [6.45, 7) is 0.117. The van der Waals surface area contributed by atoms with Gasteiger partial charge in [0.15, 0.2) is 0 Å². The highest BCUT2D eigenvalue weighted by Crippen LogP contribution is 2.16. The molecule has 0 heterocycles. The number of carbonyl (C=O) groups excluding carboxylic acids is 1. The van der Waals surface area contributed by atoms with Crippen LogP contribution >= 0.6 is 15.9 Å². The molecule has 0 spiro atoms. The zero-order valence-electron chi connectivity index (χ0n) is 12.6. The van der Waals surface area contributed by atoms with E-state index in [1.807, 2.05) is 6.07 Å². The Balaban J connectivity index is 1.77. The van der Waals surface area contributed by atoms with E-state index in [4.69, 9.17) is 0 Å². The zero-order chi connectivity index (χ0) is 17.6. The molecule has 0 unspecified atom stereocenters. The quantitative estimate of drug-likeness (QED) is 0.682. The first-order chi connectivity index (χ1) is 11.4. The Labute approximate surface area is 148 Å². The number of benzene rings is 2. The molecular formula is C16H16BrFN2O3S. The van der Waals surface area contributed by atoms with Crippen LogP contribution in [0.1, 0.15) is 12.8 Å². The number of sulfonamides is 1. The lowest BCUT2D eigenvalue weighted by molar-refractivity contribution is -0.116. The largest absolute Gasteiger partial charge is 0.326 e. The fourth-order valence-electron chi connectivity index (χ4n) is 1.94. The Kier molecular flexibility index (Phi) is 6.47. The molecule has 0 atom stereocenters. The highest BCUT2D eigenvalue weighted by Gasteiger charge is 2.13. The van der Waals surface area contributed by atoms with Crippen molar-refractivity contribution >= 4 is 37.5 Å². The molecule has 0 saturated heterocycles. The van der Waals surface area contributed by atoms with Gasteiger partial charge in [0.2, 0.25) is 15.9 Å². The van der Waals surface area contributed by atoms with Crippen molar-refractivity contribution in [2.75, 3.05) is 11.9 Å². The first-order valence-electron chi connectivity index (χ1n) is 7.17. The van der Waals surface area contributed by atoms with Crippen molar-refractivity contribution in [3.8, 4) is 0 Å². The molecule has 24 heavy (non-hydrogen) atoms. The molecule has 2 aromatic rings. The van der Waals surface area contributed by atoms with Gasteiger partial charge in [0.05, 0.1) is 4.90 Å². The average molecular weight is 415 g/mol. The second-order valence-electron chi connectivity index (χ2n) is 5.01. The van der Waals surface area contributed by atoms with Gasteiger partial charge in [-0.15, -0.1) is 0 Å². The highest BCUT2D eigenvalue weighted by molar-refractivity contribution is 9.10. The molecule has 128 valence electrons. The van der Waals surface area contributed by atoms with Crippen LogP contribution in [0.2, 0.25) is 0 Å². The third-order valence-corrected chi connectivity index (χ3v) is 5.08. The molecule has 0 aliphatic heterocycles. The molecule has 2 N–H and O–H groups in total. The van der Waals surface area contributed by atoms with E-state index in [0.29, 0.717) is 12.1 Å². The van der Waals surface area contributed by atoms with Crippen LogP contribution in [0, 0.1) is 5.82 Å².